The van der Waals surface area contributed by atoms with Crippen molar-refractivity contribution in [2.45, 2.75) is 107 Å². The number of benzene rings is 2. The molecule has 3 saturated carbocycles. The fraction of sp³-hybridized carbons (Fsp3) is 0.538. The molecule has 2 aromatic rings. The van der Waals surface area contributed by atoms with Gasteiger partial charge in [0.1, 0.15) is 12.8 Å². The molecule has 1 aliphatic heterocycles. The van der Waals surface area contributed by atoms with Crippen molar-refractivity contribution in [2.75, 3.05) is 11.9 Å². The van der Waals surface area contributed by atoms with Crippen molar-refractivity contribution < 1.29 is 38.1 Å². The Bertz CT molecular complexity index is 1660. The molecule has 0 radical (unpaired) electrons. The third-order valence-corrected chi connectivity index (χ3v) is 13.0. The van der Waals surface area contributed by atoms with Gasteiger partial charge in [-0.25, -0.2) is 8.78 Å². The Morgan fingerprint density at radius 1 is 1.08 bits per heavy atom. The topological polar surface area (TPSA) is 105 Å². The van der Waals surface area contributed by atoms with Crippen LogP contribution in [0.1, 0.15) is 71.8 Å². The van der Waals surface area contributed by atoms with Gasteiger partial charge in [-0.15, -0.1) is 11.8 Å². The average molecular weight is 696 g/mol. The van der Waals surface area contributed by atoms with Gasteiger partial charge < -0.3 is 25.0 Å². The summed E-state index contributed by atoms with van der Waals surface area (Å²) in [5.74, 6) is -1.83. The molecule has 7 rings (SSSR count). The van der Waals surface area contributed by atoms with Crippen LogP contribution in [-0.2, 0) is 24.8 Å². The number of hydrogen-bond acceptors (Lipinski definition) is 8. The number of anilines is 1. The van der Waals surface area contributed by atoms with Crippen molar-refractivity contribution in [2.24, 2.45) is 22.7 Å². The van der Waals surface area contributed by atoms with Crippen LogP contribution >= 0.6 is 11.8 Å². The van der Waals surface area contributed by atoms with Gasteiger partial charge in [0.2, 0.25) is 0 Å². The largest absolute Gasteiger partial charge is 0.390 e. The number of rotatable bonds is 8. The number of aliphatic hydroxyl groups excluding tert-OH is 2. The lowest BCUT2D eigenvalue weighted by Crippen LogP contribution is -2.70. The number of ether oxygens (including phenoxy) is 2. The Morgan fingerprint density at radius 3 is 2.43 bits per heavy atom. The summed E-state index contributed by atoms with van der Waals surface area (Å²) < 4.78 is 46.5. The van der Waals surface area contributed by atoms with E-state index in [0.717, 1.165) is 28.0 Å². The second-order valence-corrected chi connectivity index (χ2v) is 15.9. The van der Waals surface area contributed by atoms with Gasteiger partial charge in [0.05, 0.1) is 12.2 Å². The monoisotopic (exact) mass is 695 g/mol. The maximum Gasteiger partial charge on any atom is 0.193 e. The molecule has 0 spiro atoms. The fourth-order valence-corrected chi connectivity index (χ4v) is 10.5. The normalized spacial score (nSPS) is 39.0. The van der Waals surface area contributed by atoms with Crippen molar-refractivity contribution in [1.29, 1.82) is 0 Å². The van der Waals surface area contributed by atoms with Crippen LogP contribution in [0.3, 0.4) is 0 Å². The number of allylic oxidation sites excluding steroid dienone is 4. The number of carbonyl (C=O) groups is 2. The van der Waals surface area contributed by atoms with Crippen molar-refractivity contribution in [3.05, 3.63) is 83.5 Å². The van der Waals surface area contributed by atoms with Gasteiger partial charge in [0.15, 0.2) is 29.1 Å². The SMILES string of the molecule is C.CC(C)Nc1ccc(SCc2ccc([C@H]3O[C@@H]4C[C@H]5[C@@H]6C[C@H](F)C7=CC(=O)C=C[C@]7(C)[C@@]6(F)[C@@H](O)C[C@]5(C)[C@]4(C(=O)CO)O3)cc2)cc1. The summed E-state index contributed by atoms with van der Waals surface area (Å²) in [6, 6.07) is 16.5. The second kappa shape index (κ2) is 12.7. The molecule has 10 atom stereocenters. The maximum atomic E-state index is 17.6. The van der Waals surface area contributed by atoms with Crippen LogP contribution in [0, 0.1) is 22.7 Å². The predicted molar refractivity (Wildman–Crippen MR) is 185 cm³/mol. The van der Waals surface area contributed by atoms with Crippen molar-refractivity contribution >= 4 is 29.0 Å². The van der Waals surface area contributed by atoms with Crippen molar-refractivity contribution in [3.8, 4) is 0 Å². The quantitative estimate of drug-likeness (QED) is 0.252. The molecular weight excluding hydrogens is 648 g/mol. The number of halogens is 2. The molecule has 4 aliphatic carbocycles. The summed E-state index contributed by atoms with van der Waals surface area (Å²) in [6.45, 7) is 6.71. The highest BCUT2D eigenvalue weighted by Crippen LogP contribution is 2.72. The van der Waals surface area contributed by atoms with Crippen molar-refractivity contribution in [1.82, 2.24) is 0 Å². The molecule has 1 heterocycles. The Hall–Kier alpha value is -2.89. The lowest BCUT2D eigenvalue weighted by molar-refractivity contribution is -0.235. The number of fused-ring (bicyclic) bond motifs is 7. The molecule has 5 aliphatic rings. The van der Waals surface area contributed by atoms with Gasteiger partial charge in [0, 0.05) is 44.7 Å². The highest BCUT2D eigenvalue weighted by atomic mass is 32.2. The van der Waals surface area contributed by atoms with Crippen LogP contribution in [-0.4, -0.2) is 64.1 Å². The lowest BCUT2D eigenvalue weighted by Gasteiger charge is -2.63. The number of thioether (sulfide) groups is 1. The van der Waals surface area contributed by atoms with E-state index in [2.05, 4.69) is 43.4 Å². The third kappa shape index (κ3) is 5.27. The number of hydrogen-bond donors (Lipinski definition) is 3. The lowest BCUT2D eigenvalue weighted by atomic mass is 9.44. The Balaban J connectivity index is 0.00000417. The standard InChI is InChI=1S/C38H43F2NO6S.CH4/c1-21(2)41-24-9-11-26(12-10-24)48-20-22-5-7-23(8-6-22)34-46-33-17-27-28-16-30(39)29-15-25(43)13-14-35(29,3)37(28,40)31(44)18-36(27,4)38(33,47-34)32(45)19-42;/h5-15,21,27-28,30-31,33-34,41-42,44H,16-20H2,1-4H3;1H4/t27-,28-,30-,31-,33+,34-,35-,36-,37-,38+;/m0./s1. The molecule has 1 saturated heterocycles. The van der Waals surface area contributed by atoms with Gasteiger partial charge in [-0.1, -0.05) is 44.7 Å². The molecule has 10 heteroatoms. The summed E-state index contributed by atoms with van der Waals surface area (Å²) in [4.78, 5) is 27.1. The molecule has 0 aromatic heterocycles. The van der Waals surface area contributed by atoms with E-state index < -0.39 is 76.8 Å². The smallest absolute Gasteiger partial charge is 0.193 e. The van der Waals surface area contributed by atoms with E-state index in [-0.39, 0.29) is 32.3 Å². The summed E-state index contributed by atoms with van der Waals surface area (Å²) >= 11 is 1.72. The van der Waals surface area contributed by atoms with E-state index in [4.69, 9.17) is 9.47 Å². The van der Waals surface area contributed by atoms with E-state index in [1.54, 1.807) is 25.6 Å². The predicted octanol–water partition coefficient (Wildman–Crippen LogP) is 7.08. The molecule has 3 N–H and O–H groups in total. The van der Waals surface area contributed by atoms with E-state index in [0.29, 0.717) is 11.6 Å². The minimum Gasteiger partial charge on any atom is -0.390 e. The first-order chi connectivity index (χ1) is 22.8. The maximum absolute atomic E-state index is 17.6. The molecule has 0 unspecified atom stereocenters. The number of carbonyl (C=O) groups excluding carboxylic acids is 2. The first-order valence-electron chi connectivity index (χ1n) is 16.8. The van der Waals surface area contributed by atoms with E-state index in [9.17, 15) is 19.8 Å². The number of Topliss-reactive ketones (excluding diaryl/α,β-unsaturated/α-hetero) is 1. The Morgan fingerprint density at radius 2 is 1.78 bits per heavy atom. The van der Waals surface area contributed by atoms with Crippen molar-refractivity contribution in [3.63, 3.8) is 0 Å². The molecule has 4 fully saturated rings. The van der Waals surface area contributed by atoms with Crippen LogP contribution in [0.2, 0.25) is 0 Å². The molecule has 0 bridgehead atoms. The van der Waals surface area contributed by atoms with Crippen LogP contribution in [0.25, 0.3) is 0 Å². The van der Waals surface area contributed by atoms with Crippen LogP contribution in [0.4, 0.5) is 14.5 Å². The van der Waals surface area contributed by atoms with Crippen LogP contribution in [0.15, 0.2) is 77.2 Å². The zero-order valence-electron chi connectivity index (χ0n) is 27.6. The second-order valence-electron chi connectivity index (χ2n) is 14.8. The summed E-state index contributed by atoms with van der Waals surface area (Å²) in [6.07, 6.45) is -1.34. The number of alkyl halides is 2. The molecule has 0 amide bonds. The van der Waals surface area contributed by atoms with E-state index >= 15 is 8.78 Å². The van der Waals surface area contributed by atoms with Gasteiger partial charge in [-0.3, -0.25) is 9.59 Å². The minimum atomic E-state index is -2.29. The number of ketones is 2. The zero-order valence-corrected chi connectivity index (χ0v) is 28.4. The Labute approximate surface area is 291 Å². The number of aliphatic hydroxyl groups is 2. The van der Waals surface area contributed by atoms with Crippen LogP contribution < -0.4 is 5.32 Å². The van der Waals surface area contributed by atoms with Crippen LogP contribution in [0.5, 0.6) is 0 Å². The average Bonchev–Trinajstić information content (AvgIpc) is 3.56. The van der Waals surface area contributed by atoms with E-state index in [1.165, 1.54) is 12.2 Å². The minimum absolute atomic E-state index is 0. The zero-order chi connectivity index (χ0) is 34.2. The molecule has 49 heavy (non-hydrogen) atoms. The first kappa shape index (κ1) is 35.9. The van der Waals surface area contributed by atoms with Gasteiger partial charge in [0.25, 0.3) is 0 Å². The molecule has 264 valence electrons. The highest BCUT2D eigenvalue weighted by Gasteiger charge is 2.80. The van der Waals surface area contributed by atoms with E-state index in [1.807, 2.05) is 24.3 Å². The summed E-state index contributed by atoms with van der Waals surface area (Å²) in [5, 5.41) is 25.3. The molecule has 7 nitrogen and oxygen atoms in total. The number of nitrogens with one attached hydrogen (secondary N) is 1. The summed E-state index contributed by atoms with van der Waals surface area (Å²) in [7, 11) is 0. The third-order valence-electron chi connectivity index (χ3n) is 11.9. The highest BCUT2D eigenvalue weighted by molar-refractivity contribution is 7.98. The summed E-state index contributed by atoms with van der Waals surface area (Å²) in [5.41, 5.74) is -3.73. The van der Waals surface area contributed by atoms with Gasteiger partial charge in [-0.2, -0.15) is 0 Å². The van der Waals surface area contributed by atoms with Gasteiger partial charge in [-0.05, 0) is 93.5 Å². The first-order valence-corrected chi connectivity index (χ1v) is 17.8. The molecular formula is C39H47F2NO6S. The Kier molecular flexibility index (Phi) is 9.31. The van der Waals surface area contributed by atoms with Gasteiger partial charge >= 0.3 is 0 Å². The molecule has 2 aromatic carbocycles. The fourth-order valence-electron chi connectivity index (χ4n) is 9.63.